The lowest BCUT2D eigenvalue weighted by Crippen LogP contribution is -2.21. The summed E-state index contributed by atoms with van der Waals surface area (Å²) >= 11 is 0. The molecule has 0 radical (unpaired) electrons. The van der Waals surface area contributed by atoms with E-state index in [1.807, 2.05) is 0 Å². The van der Waals surface area contributed by atoms with E-state index in [9.17, 15) is 14.0 Å². The molecule has 2 aromatic carbocycles. The van der Waals surface area contributed by atoms with Crippen LogP contribution in [0.4, 0.5) is 10.1 Å². The molecule has 4 rings (SSSR count). The molecule has 26 heavy (non-hydrogen) atoms. The van der Waals surface area contributed by atoms with E-state index in [0.29, 0.717) is 27.8 Å². The Hall–Kier alpha value is -3.48. The quantitative estimate of drug-likeness (QED) is 0.604. The molecule has 0 aliphatic heterocycles. The van der Waals surface area contributed by atoms with Gasteiger partial charge in [-0.1, -0.05) is 0 Å². The number of nitrogens with zero attached hydrogens (tertiary/aromatic N) is 3. The number of anilines is 1. The van der Waals surface area contributed by atoms with Crippen molar-refractivity contribution in [3.8, 4) is 0 Å². The summed E-state index contributed by atoms with van der Waals surface area (Å²) in [6.45, 7) is 1.72. The third-order valence-corrected chi connectivity index (χ3v) is 4.43. The zero-order valence-electron chi connectivity index (χ0n) is 14.2. The van der Waals surface area contributed by atoms with Crippen molar-refractivity contribution in [2.24, 2.45) is 7.05 Å². The van der Waals surface area contributed by atoms with Gasteiger partial charge in [0.05, 0.1) is 17.2 Å². The van der Waals surface area contributed by atoms with Crippen LogP contribution >= 0.6 is 0 Å². The molecule has 0 spiro atoms. The Kier molecular flexibility index (Phi) is 3.57. The highest BCUT2D eigenvalue weighted by molar-refractivity contribution is 6.06. The monoisotopic (exact) mass is 350 g/mol. The van der Waals surface area contributed by atoms with Crippen molar-refractivity contribution in [2.75, 3.05) is 5.32 Å². The van der Waals surface area contributed by atoms with Crippen molar-refractivity contribution in [3.63, 3.8) is 0 Å². The molecule has 0 aliphatic carbocycles. The van der Waals surface area contributed by atoms with Gasteiger partial charge in [0, 0.05) is 18.3 Å². The minimum atomic E-state index is -0.357. The Balaban J connectivity index is 1.79. The summed E-state index contributed by atoms with van der Waals surface area (Å²) in [6.07, 6.45) is 1.56. The molecule has 1 N–H and O–H groups in total. The molecule has 2 aromatic heterocycles. The van der Waals surface area contributed by atoms with E-state index in [2.05, 4.69) is 10.4 Å². The molecule has 0 saturated heterocycles. The van der Waals surface area contributed by atoms with Gasteiger partial charge in [-0.3, -0.25) is 9.59 Å². The number of aromatic nitrogens is 3. The van der Waals surface area contributed by atoms with E-state index < -0.39 is 0 Å². The topological polar surface area (TPSA) is 68.4 Å². The summed E-state index contributed by atoms with van der Waals surface area (Å²) in [6, 6.07) is 10.9. The highest BCUT2D eigenvalue weighted by Crippen LogP contribution is 2.19. The first kappa shape index (κ1) is 16.0. The van der Waals surface area contributed by atoms with Crippen LogP contribution in [0.15, 0.2) is 53.5 Å². The number of hydrogen-bond acceptors (Lipinski definition) is 3. The number of carbonyl (C=O) groups excluding carboxylic acids is 1. The summed E-state index contributed by atoms with van der Waals surface area (Å²) in [4.78, 5) is 25.0. The van der Waals surface area contributed by atoms with Crippen molar-refractivity contribution in [1.29, 1.82) is 0 Å². The minimum Gasteiger partial charge on any atom is -0.322 e. The lowest BCUT2D eigenvalue weighted by atomic mass is 10.1. The zero-order valence-corrected chi connectivity index (χ0v) is 14.2. The largest absolute Gasteiger partial charge is 0.322 e. The molecule has 0 bridgehead atoms. The maximum atomic E-state index is 13.2. The van der Waals surface area contributed by atoms with E-state index in [1.54, 1.807) is 48.9 Å². The fourth-order valence-electron chi connectivity index (χ4n) is 3.01. The molecule has 0 saturated carbocycles. The molecule has 0 fully saturated rings. The van der Waals surface area contributed by atoms with Crippen LogP contribution in [0.5, 0.6) is 0 Å². The molecule has 130 valence electrons. The molecule has 4 aromatic rings. The van der Waals surface area contributed by atoms with Gasteiger partial charge < -0.3 is 9.88 Å². The van der Waals surface area contributed by atoms with Crippen LogP contribution in [0.3, 0.4) is 0 Å². The zero-order chi connectivity index (χ0) is 18.4. The predicted octanol–water partition coefficient (Wildman–Crippen LogP) is 2.89. The Labute approximate surface area is 147 Å². The van der Waals surface area contributed by atoms with E-state index >= 15 is 0 Å². The van der Waals surface area contributed by atoms with Crippen molar-refractivity contribution < 1.29 is 9.18 Å². The van der Waals surface area contributed by atoms with E-state index in [-0.39, 0.29) is 17.3 Å². The molecule has 7 heteroatoms. The summed E-state index contributed by atoms with van der Waals surface area (Å²) in [5.74, 6) is -0.695. The van der Waals surface area contributed by atoms with Gasteiger partial charge in [0.15, 0.2) is 0 Å². The second-order valence-corrected chi connectivity index (χ2v) is 6.11. The van der Waals surface area contributed by atoms with Crippen LogP contribution in [0.2, 0.25) is 0 Å². The number of benzene rings is 2. The van der Waals surface area contributed by atoms with Crippen LogP contribution in [-0.4, -0.2) is 20.1 Å². The number of amides is 1. The highest BCUT2D eigenvalue weighted by atomic mass is 19.1. The first-order valence-corrected chi connectivity index (χ1v) is 8.00. The summed E-state index contributed by atoms with van der Waals surface area (Å²) in [5, 5.41) is 6.95. The normalized spacial score (nSPS) is 11.2. The van der Waals surface area contributed by atoms with Gasteiger partial charge in [-0.25, -0.2) is 8.91 Å². The molecule has 0 atom stereocenters. The lowest BCUT2D eigenvalue weighted by Gasteiger charge is -2.11. The van der Waals surface area contributed by atoms with E-state index in [1.165, 1.54) is 22.8 Å². The third kappa shape index (κ3) is 2.45. The first-order valence-electron chi connectivity index (χ1n) is 8.00. The Bertz CT molecular complexity index is 1240. The maximum absolute atomic E-state index is 13.2. The van der Waals surface area contributed by atoms with Crippen molar-refractivity contribution in [1.82, 2.24) is 14.2 Å². The van der Waals surface area contributed by atoms with E-state index in [0.717, 1.165) is 5.52 Å². The van der Waals surface area contributed by atoms with Crippen LogP contribution in [0.25, 0.3) is 16.6 Å². The summed E-state index contributed by atoms with van der Waals surface area (Å²) < 4.78 is 16.3. The molecule has 0 aliphatic rings. The number of nitrogens with one attached hydrogen (secondary N) is 1. The first-order chi connectivity index (χ1) is 12.5. The Morgan fingerprint density at radius 1 is 1.08 bits per heavy atom. The number of halogens is 1. The number of aryl methyl sites for hydroxylation is 2. The third-order valence-electron chi connectivity index (χ3n) is 4.43. The predicted molar refractivity (Wildman–Crippen MR) is 97.0 cm³/mol. The van der Waals surface area contributed by atoms with Gasteiger partial charge >= 0.3 is 0 Å². The SMILES string of the molecule is Cc1cc(F)ccc1NC(=O)c1ccc2c(c1)n(C)c(=O)c1ccnn12. The minimum absolute atomic E-state index is 0.193. The number of carbonyl (C=O) groups is 1. The van der Waals surface area contributed by atoms with Gasteiger partial charge in [-0.2, -0.15) is 5.10 Å². The maximum Gasteiger partial charge on any atom is 0.276 e. The standard InChI is InChI=1S/C19H15FN4O2/c1-11-9-13(20)4-5-14(11)22-18(25)12-3-6-15-17(10-12)23(2)19(26)16-7-8-21-24(15)16/h3-10H,1-2H3,(H,22,25). The Morgan fingerprint density at radius 2 is 1.88 bits per heavy atom. The Morgan fingerprint density at radius 3 is 2.65 bits per heavy atom. The van der Waals surface area contributed by atoms with Gasteiger partial charge in [0.1, 0.15) is 11.3 Å². The molecule has 0 unspecified atom stereocenters. The van der Waals surface area contributed by atoms with Gasteiger partial charge in [0.25, 0.3) is 11.5 Å². The second kappa shape index (κ2) is 5.80. The second-order valence-electron chi connectivity index (χ2n) is 6.11. The fraction of sp³-hybridized carbons (Fsp3) is 0.105. The average molecular weight is 350 g/mol. The molecule has 2 heterocycles. The summed E-state index contributed by atoms with van der Waals surface area (Å²) in [5.41, 5.74) is 3.15. The molecule has 6 nitrogen and oxygen atoms in total. The molecular weight excluding hydrogens is 335 g/mol. The summed E-state index contributed by atoms with van der Waals surface area (Å²) in [7, 11) is 1.66. The van der Waals surface area contributed by atoms with Crippen LogP contribution in [0, 0.1) is 12.7 Å². The van der Waals surface area contributed by atoms with Crippen molar-refractivity contribution in [3.05, 3.63) is 76.0 Å². The van der Waals surface area contributed by atoms with E-state index in [4.69, 9.17) is 0 Å². The lowest BCUT2D eigenvalue weighted by molar-refractivity contribution is 0.102. The number of hydrogen-bond donors (Lipinski definition) is 1. The fourth-order valence-corrected chi connectivity index (χ4v) is 3.01. The van der Waals surface area contributed by atoms with Crippen molar-refractivity contribution >= 4 is 28.1 Å². The van der Waals surface area contributed by atoms with Gasteiger partial charge in [-0.05, 0) is 55.0 Å². The number of rotatable bonds is 2. The smallest absolute Gasteiger partial charge is 0.276 e. The molecular formula is C19H15FN4O2. The average Bonchev–Trinajstić information content (AvgIpc) is 3.11. The van der Waals surface area contributed by atoms with Crippen LogP contribution in [0.1, 0.15) is 15.9 Å². The van der Waals surface area contributed by atoms with Crippen LogP contribution in [-0.2, 0) is 7.05 Å². The van der Waals surface area contributed by atoms with Gasteiger partial charge in [0.2, 0.25) is 0 Å². The van der Waals surface area contributed by atoms with Crippen LogP contribution < -0.4 is 10.9 Å². The highest BCUT2D eigenvalue weighted by Gasteiger charge is 2.13. The number of fused-ring (bicyclic) bond motifs is 3. The molecule has 1 amide bonds. The van der Waals surface area contributed by atoms with Crippen molar-refractivity contribution in [2.45, 2.75) is 6.92 Å². The van der Waals surface area contributed by atoms with Gasteiger partial charge in [-0.15, -0.1) is 0 Å².